The highest BCUT2D eigenvalue weighted by Crippen LogP contribution is 2.32. The van der Waals surface area contributed by atoms with E-state index in [-0.39, 0.29) is 12.5 Å². The van der Waals surface area contributed by atoms with Crippen LogP contribution in [0.5, 0.6) is 5.75 Å². The van der Waals surface area contributed by atoms with Gasteiger partial charge in [0.15, 0.2) is 6.61 Å². The predicted molar refractivity (Wildman–Crippen MR) is 87.7 cm³/mol. The van der Waals surface area contributed by atoms with Crippen molar-refractivity contribution in [3.05, 3.63) is 23.8 Å². The monoisotopic (exact) mass is 303 g/mol. The van der Waals surface area contributed by atoms with Crippen molar-refractivity contribution in [1.82, 2.24) is 0 Å². The maximum absolute atomic E-state index is 12.1. The van der Waals surface area contributed by atoms with Gasteiger partial charge in [-0.15, -0.1) is 0 Å². The van der Waals surface area contributed by atoms with Crippen LogP contribution in [-0.2, 0) is 4.79 Å². The fourth-order valence-corrected chi connectivity index (χ4v) is 2.76. The van der Waals surface area contributed by atoms with Crippen molar-refractivity contribution in [3.63, 3.8) is 0 Å². The second kappa shape index (κ2) is 8.57. The second-order valence-electron chi connectivity index (χ2n) is 5.80. The number of fused-ring (bicyclic) bond motifs is 1. The Bertz CT molecular complexity index is 513. The zero-order valence-electron chi connectivity index (χ0n) is 13.3. The van der Waals surface area contributed by atoms with Gasteiger partial charge in [0, 0.05) is 12.1 Å². The molecule has 4 nitrogen and oxygen atoms in total. The molecule has 0 atom stereocenters. The minimum Gasteiger partial charge on any atom is -0.482 e. The number of rotatable bonds is 9. The summed E-state index contributed by atoms with van der Waals surface area (Å²) in [5, 5.41) is 0. The van der Waals surface area contributed by atoms with Crippen LogP contribution in [0.3, 0.4) is 0 Å². The Kier molecular flexibility index (Phi) is 6.44. The molecule has 0 saturated heterocycles. The Balaban J connectivity index is 1.88. The molecule has 0 fully saturated rings. The molecule has 0 bridgehead atoms. The van der Waals surface area contributed by atoms with Crippen LogP contribution in [0.4, 0.5) is 5.69 Å². The molecular weight excluding hydrogens is 278 g/mol. The molecule has 1 aliphatic heterocycles. The van der Waals surface area contributed by atoms with Crippen LogP contribution in [0.25, 0.3) is 0 Å². The highest BCUT2D eigenvalue weighted by atomic mass is 16.5. The van der Waals surface area contributed by atoms with Gasteiger partial charge in [0.05, 0.1) is 5.69 Å². The maximum atomic E-state index is 12.1. The molecule has 1 amide bonds. The summed E-state index contributed by atoms with van der Waals surface area (Å²) in [6, 6.07) is 5.22. The van der Waals surface area contributed by atoms with Crippen molar-refractivity contribution in [2.45, 2.75) is 51.9 Å². The molecule has 1 aromatic carbocycles. The Hall–Kier alpha value is -1.84. The summed E-state index contributed by atoms with van der Waals surface area (Å²) < 4.78 is 5.43. The SMILES string of the molecule is CCCCCCCCCN1C(=O)COc2ccc(C=O)cc21. The van der Waals surface area contributed by atoms with E-state index in [1.54, 1.807) is 23.1 Å². The Morgan fingerprint density at radius 3 is 2.59 bits per heavy atom. The minimum absolute atomic E-state index is 0.0264. The normalized spacial score (nSPS) is 13.7. The lowest BCUT2D eigenvalue weighted by atomic mass is 10.1. The summed E-state index contributed by atoms with van der Waals surface area (Å²) in [4.78, 5) is 24.8. The Morgan fingerprint density at radius 1 is 1.14 bits per heavy atom. The summed E-state index contributed by atoms with van der Waals surface area (Å²) in [7, 11) is 0. The first-order chi connectivity index (χ1) is 10.8. The van der Waals surface area contributed by atoms with E-state index in [0.29, 0.717) is 17.9 Å². The third kappa shape index (κ3) is 4.33. The van der Waals surface area contributed by atoms with Gasteiger partial charge in [0.2, 0.25) is 0 Å². The minimum atomic E-state index is -0.0264. The van der Waals surface area contributed by atoms with Crippen molar-refractivity contribution < 1.29 is 14.3 Å². The number of carbonyl (C=O) groups excluding carboxylic acids is 2. The van der Waals surface area contributed by atoms with Gasteiger partial charge >= 0.3 is 0 Å². The molecule has 0 radical (unpaired) electrons. The molecule has 2 rings (SSSR count). The first-order valence-electron chi connectivity index (χ1n) is 8.28. The third-order valence-corrected chi connectivity index (χ3v) is 4.05. The number of carbonyl (C=O) groups is 2. The van der Waals surface area contributed by atoms with Crippen molar-refractivity contribution in [2.75, 3.05) is 18.1 Å². The number of benzene rings is 1. The van der Waals surface area contributed by atoms with Crippen LogP contribution in [-0.4, -0.2) is 25.3 Å². The molecule has 0 spiro atoms. The van der Waals surface area contributed by atoms with Gasteiger partial charge in [-0.25, -0.2) is 0 Å². The topological polar surface area (TPSA) is 46.6 Å². The highest BCUT2D eigenvalue weighted by molar-refractivity contribution is 5.98. The molecule has 1 aliphatic rings. The molecule has 0 unspecified atom stereocenters. The largest absolute Gasteiger partial charge is 0.482 e. The first-order valence-corrected chi connectivity index (χ1v) is 8.28. The lowest BCUT2D eigenvalue weighted by Crippen LogP contribution is -2.39. The van der Waals surface area contributed by atoms with Gasteiger partial charge in [0.25, 0.3) is 5.91 Å². The first kappa shape index (κ1) is 16.5. The number of anilines is 1. The molecule has 22 heavy (non-hydrogen) atoms. The van der Waals surface area contributed by atoms with E-state index in [1.807, 2.05) is 0 Å². The molecule has 0 aliphatic carbocycles. The molecule has 1 heterocycles. The molecular formula is C18H25NO3. The quantitative estimate of drug-likeness (QED) is 0.512. The van der Waals surface area contributed by atoms with E-state index >= 15 is 0 Å². The number of amides is 1. The van der Waals surface area contributed by atoms with Crippen molar-refractivity contribution in [1.29, 1.82) is 0 Å². The number of unbranched alkanes of at least 4 members (excludes halogenated alkanes) is 6. The van der Waals surface area contributed by atoms with Gasteiger partial charge in [-0.05, 0) is 24.6 Å². The van der Waals surface area contributed by atoms with Crippen LogP contribution in [0.1, 0.15) is 62.2 Å². The van der Waals surface area contributed by atoms with Gasteiger partial charge in [0.1, 0.15) is 12.0 Å². The summed E-state index contributed by atoms with van der Waals surface area (Å²) in [6.45, 7) is 3.00. The molecule has 0 N–H and O–H groups in total. The van der Waals surface area contributed by atoms with Crippen LogP contribution >= 0.6 is 0 Å². The zero-order chi connectivity index (χ0) is 15.8. The number of hydrogen-bond acceptors (Lipinski definition) is 3. The van der Waals surface area contributed by atoms with Gasteiger partial charge in [-0.3, -0.25) is 9.59 Å². The fraction of sp³-hybridized carbons (Fsp3) is 0.556. The van der Waals surface area contributed by atoms with Crippen molar-refractivity contribution in [2.24, 2.45) is 0 Å². The summed E-state index contributed by atoms with van der Waals surface area (Å²) >= 11 is 0. The lowest BCUT2D eigenvalue weighted by molar-refractivity contribution is -0.121. The fourth-order valence-electron chi connectivity index (χ4n) is 2.76. The van der Waals surface area contributed by atoms with Crippen molar-refractivity contribution >= 4 is 17.9 Å². The van der Waals surface area contributed by atoms with E-state index in [2.05, 4.69) is 6.92 Å². The number of ether oxygens (including phenoxy) is 1. The third-order valence-electron chi connectivity index (χ3n) is 4.05. The number of aldehydes is 1. The van der Waals surface area contributed by atoms with Crippen LogP contribution in [0, 0.1) is 0 Å². The summed E-state index contributed by atoms with van der Waals surface area (Å²) in [5.41, 5.74) is 1.30. The van der Waals surface area contributed by atoms with Gasteiger partial charge in [-0.1, -0.05) is 45.4 Å². The summed E-state index contributed by atoms with van der Waals surface area (Å²) in [6.07, 6.45) is 9.29. The standard InChI is InChI=1S/C18H25NO3/c1-2-3-4-5-6-7-8-11-19-16-12-15(13-20)9-10-17(16)22-14-18(19)21/h9-10,12-13H,2-8,11,14H2,1H3. The van der Waals surface area contributed by atoms with E-state index in [4.69, 9.17) is 4.74 Å². The molecule has 0 aromatic heterocycles. The smallest absolute Gasteiger partial charge is 0.265 e. The van der Waals surface area contributed by atoms with E-state index in [9.17, 15) is 9.59 Å². The van der Waals surface area contributed by atoms with E-state index < -0.39 is 0 Å². The Labute approximate surface area is 132 Å². The van der Waals surface area contributed by atoms with Crippen molar-refractivity contribution in [3.8, 4) is 5.75 Å². The molecule has 4 heteroatoms. The average molecular weight is 303 g/mol. The van der Waals surface area contributed by atoms with Crippen LogP contribution in [0.2, 0.25) is 0 Å². The number of hydrogen-bond donors (Lipinski definition) is 0. The van der Waals surface area contributed by atoms with Crippen LogP contribution < -0.4 is 9.64 Å². The predicted octanol–water partition coefficient (Wildman–Crippen LogP) is 3.98. The Morgan fingerprint density at radius 2 is 1.86 bits per heavy atom. The van der Waals surface area contributed by atoms with Gasteiger partial charge in [-0.2, -0.15) is 0 Å². The molecule has 0 saturated carbocycles. The van der Waals surface area contributed by atoms with Gasteiger partial charge < -0.3 is 9.64 Å². The second-order valence-corrected chi connectivity index (χ2v) is 5.80. The van der Waals surface area contributed by atoms with Crippen LogP contribution in [0.15, 0.2) is 18.2 Å². The van der Waals surface area contributed by atoms with E-state index in [0.717, 1.165) is 24.8 Å². The maximum Gasteiger partial charge on any atom is 0.265 e. The van der Waals surface area contributed by atoms with E-state index in [1.165, 1.54) is 32.1 Å². The zero-order valence-corrected chi connectivity index (χ0v) is 13.3. The lowest BCUT2D eigenvalue weighted by Gasteiger charge is -2.29. The molecule has 1 aromatic rings. The highest BCUT2D eigenvalue weighted by Gasteiger charge is 2.25. The average Bonchev–Trinajstić information content (AvgIpc) is 2.55. The molecule has 120 valence electrons. The number of nitrogens with zero attached hydrogens (tertiary/aromatic N) is 1. The summed E-state index contributed by atoms with van der Waals surface area (Å²) in [5.74, 6) is 0.662.